The molecule has 27 heavy (non-hydrogen) atoms. The molecule has 0 fully saturated rings. The summed E-state index contributed by atoms with van der Waals surface area (Å²) in [6, 6.07) is 2.67. The zero-order valence-corrected chi connectivity index (χ0v) is 21.0. The molecule has 1 aromatic heterocycles. The summed E-state index contributed by atoms with van der Waals surface area (Å²) in [6.45, 7) is 0.982. The van der Waals surface area contributed by atoms with Crippen molar-refractivity contribution < 1.29 is 13.3 Å². The van der Waals surface area contributed by atoms with Gasteiger partial charge in [-0.15, -0.1) is 0 Å². The van der Waals surface area contributed by atoms with Crippen LogP contribution >= 0.6 is 0 Å². The lowest BCUT2D eigenvalue weighted by Crippen LogP contribution is -2.54. The molecule has 0 aromatic carbocycles. The maximum absolute atomic E-state index is 12.7. The van der Waals surface area contributed by atoms with Crippen LogP contribution in [0.1, 0.15) is 19.3 Å². The normalized spacial score (nSPS) is 12.6. The molecule has 0 aliphatic carbocycles. The van der Waals surface area contributed by atoms with Crippen LogP contribution in [0.4, 0.5) is 0 Å². The number of aromatic nitrogens is 3. The van der Waals surface area contributed by atoms with Crippen molar-refractivity contribution in [3.05, 3.63) is 31.5 Å². The van der Waals surface area contributed by atoms with Crippen LogP contribution in [0, 0.1) is 0 Å². The van der Waals surface area contributed by atoms with Crippen LogP contribution in [0.3, 0.4) is 0 Å². The molecule has 12 heteroatoms. The molecule has 0 atom stereocenters. The van der Waals surface area contributed by atoms with Gasteiger partial charge in [0.1, 0.15) is 0 Å². The average molecular weight is 436 g/mol. The minimum absolute atomic E-state index is 0.327. The third-order valence-corrected chi connectivity index (χ3v) is 7.92. The van der Waals surface area contributed by atoms with E-state index in [4.69, 9.17) is 13.3 Å². The van der Waals surface area contributed by atoms with Crippen LogP contribution in [0.2, 0.25) is 18.1 Å². The summed E-state index contributed by atoms with van der Waals surface area (Å²) >= 11 is 0. The molecule has 1 aromatic rings. The van der Waals surface area contributed by atoms with E-state index in [1.165, 1.54) is 13.7 Å². The lowest BCUT2D eigenvalue weighted by molar-refractivity contribution is 0.416. The van der Waals surface area contributed by atoms with Crippen LogP contribution in [-0.4, -0.2) is 64.3 Å². The van der Waals surface area contributed by atoms with E-state index >= 15 is 0 Å². The van der Waals surface area contributed by atoms with Crippen molar-refractivity contribution in [1.29, 1.82) is 0 Å². The fourth-order valence-electron chi connectivity index (χ4n) is 2.81. The Morgan fingerprint density at radius 1 is 0.593 bits per heavy atom. The number of rotatable bonds is 15. The van der Waals surface area contributed by atoms with Crippen molar-refractivity contribution in [3.8, 4) is 0 Å². The largest absolute Gasteiger partial charge is 0.427 e. The van der Waals surface area contributed by atoms with Gasteiger partial charge < -0.3 is 13.3 Å². The molecule has 0 spiro atoms. The van der Waals surface area contributed by atoms with Gasteiger partial charge in [-0.3, -0.25) is 0 Å². The maximum Gasteiger partial charge on any atom is 0.336 e. The van der Waals surface area contributed by atoms with E-state index in [2.05, 4.69) is 0 Å². The molecule has 9 nitrogen and oxygen atoms in total. The highest BCUT2D eigenvalue weighted by atomic mass is 28.2. The zero-order valence-electron chi connectivity index (χ0n) is 16.8. The van der Waals surface area contributed by atoms with Gasteiger partial charge in [0.25, 0.3) is 0 Å². The molecule has 1 heterocycles. The summed E-state index contributed by atoms with van der Waals surface area (Å²) in [5.74, 6) is 0. The summed E-state index contributed by atoms with van der Waals surface area (Å²) in [5, 5.41) is 0. The van der Waals surface area contributed by atoms with E-state index in [0.717, 1.165) is 18.1 Å². The Hall–Kier alpha value is -1.06. The highest BCUT2D eigenvalue weighted by Gasteiger charge is 2.15. The fraction of sp³-hybridized carbons (Fsp3) is 0.800. The summed E-state index contributed by atoms with van der Waals surface area (Å²) < 4.78 is 19.1. The molecule has 0 aliphatic heterocycles. The monoisotopic (exact) mass is 435 g/mol. The van der Waals surface area contributed by atoms with Crippen LogP contribution in [0.15, 0.2) is 14.4 Å². The van der Waals surface area contributed by atoms with Crippen LogP contribution < -0.4 is 17.1 Å². The van der Waals surface area contributed by atoms with Gasteiger partial charge in [0.15, 0.2) is 29.3 Å². The minimum atomic E-state index is -0.596. The van der Waals surface area contributed by atoms with E-state index < -0.39 is 46.4 Å². The second-order valence-corrected chi connectivity index (χ2v) is 11.5. The van der Waals surface area contributed by atoms with Crippen LogP contribution in [0.5, 0.6) is 0 Å². The highest BCUT2D eigenvalue weighted by Crippen LogP contribution is 1.95. The Morgan fingerprint density at radius 2 is 0.852 bits per heavy atom. The minimum Gasteiger partial charge on any atom is -0.427 e. The van der Waals surface area contributed by atoms with Crippen LogP contribution in [-0.2, 0) is 32.9 Å². The molecule has 0 radical (unpaired) electrons. The summed E-state index contributed by atoms with van der Waals surface area (Å²) in [5.41, 5.74) is -1.48. The first kappa shape index (κ1) is 24.0. The van der Waals surface area contributed by atoms with Gasteiger partial charge in [-0.25, -0.2) is 28.1 Å². The smallest absolute Gasteiger partial charge is 0.336 e. The molecule has 0 aliphatic rings. The number of hydrogen-bond donors (Lipinski definition) is 0. The van der Waals surface area contributed by atoms with Crippen molar-refractivity contribution in [1.82, 2.24) is 13.7 Å². The lowest BCUT2D eigenvalue weighted by atomic mass is 10.4. The first-order valence-corrected chi connectivity index (χ1v) is 14.2. The molecule has 0 bridgehead atoms. The summed E-state index contributed by atoms with van der Waals surface area (Å²) in [6.07, 6.45) is 2.13. The Labute approximate surface area is 166 Å². The average Bonchev–Trinajstić information content (AvgIpc) is 2.66. The highest BCUT2D eigenvalue weighted by molar-refractivity contribution is 6.27. The molecule has 0 amide bonds. The van der Waals surface area contributed by atoms with Gasteiger partial charge >= 0.3 is 17.1 Å². The van der Waals surface area contributed by atoms with Gasteiger partial charge in [-0.1, -0.05) is 0 Å². The molecular weight excluding hydrogens is 402 g/mol. The predicted molar refractivity (Wildman–Crippen MR) is 114 cm³/mol. The topological polar surface area (TPSA) is 93.7 Å². The maximum atomic E-state index is 12.7. The molecule has 156 valence electrons. The first-order valence-electron chi connectivity index (χ1n) is 9.49. The quantitative estimate of drug-likeness (QED) is 0.229. The van der Waals surface area contributed by atoms with E-state index in [-0.39, 0.29) is 0 Å². The third kappa shape index (κ3) is 7.83. The van der Waals surface area contributed by atoms with E-state index in [9.17, 15) is 14.4 Å². The van der Waals surface area contributed by atoms with E-state index in [1.54, 1.807) is 21.3 Å². The fourth-order valence-corrected chi connectivity index (χ4v) is 4.95. The van der Waals surface area contributed by atoms with Crippen molar-refractivity contribution in [2.24, 2.45) is 0 Å². The van der Waals surface area contributed by atoms with Crippen molar-refractivity contribution in [2.45, 2.75) is 57.0 Å². The summed E-state index contributed by atoms with van der Waals surface area (Å²) in [4.78, 5) is 38.2. The van der Waals surface area contributed by atoms with Gasteiger partial charge in [0.05, 0.1) is 0 Å². The first-order chi connectivity index (χ1) is 13.1. The Bertz CT molecular complexity index is 593. The summed E-state index contributed by atoms with van der Waals surface area (Å²) in [7, 11) is 3.25. The molecule has 0 saturated heterocycles. The van der Waals surface area contributed by atoms with E-state index in [1.807, 2.05) is 0 Å². The van der Waals surface area contributed by atoms with Crippen LogP contribution in [0.25, 0.3) is 0 Å². The third-order valence-electron chi connectivity index (χ3n) is 4.33. The molecular formula is C15H33N3O6Si3. The standard InChI is InChI=1S/C15H33N3O6Si3/c1-22-25-10-4-7-16-13(19)17(8-5-11-26-23-2)15(21)18(14(16)20)9-6-12-27-24-3/h4-12,25-27H2,1-3H3. The number of hydrogen-bond acceptors (Lipinski definition) is 6. The van der Waals surface area contributed by atoms with E-state index in [0.29, 0.717) is 38.9 Å². The number of nitrogens with zero attached hydrogens (tertiary/aromatic N) is 3. The second-order valence-electron chi connectivity index (χ2n) is 6.40. The van der Waals surface area contributed by atoms with Gasteiger partial charge in [0.2, 0.25) is 0 Å². The Balaban J connectivity index is 3.09. The lowest BCUT2D eigenvalue weighted by Gasteiger charge is -2.14. The zero-order chi connectivity index (χ0) is 20.1. The Kier molecular flexibility index (Phi) is 12.4. The van der Waals surface area contributed by atoms with Gasteiger partial charge in [-0.2, -0.15) is 0 Å². The van der Waals surface area contributed by atoms with Gasteiger partial charge in [-0.05, 0) is 37.4 Å². The second kappa shape index (κ2) is 14.0. The van der Waals surface area contributed by atoms with Crippen molar-refractivity contribution in [2.75, 3.05) is 21.3 Å². The SMILES string of the molecule is CO[SiH2]CCCn1c(=O)n(CCC[SiH2]OC)c(=O)n(CCC[SiH2]OC)c1=O. The predicted octanol–water partition coefficient (Wildman–Crippen LogP) is -2.21. The van der Waals surface area contributed by atoms with Crippen molar-refractivity contribution >= 4 is 29.3 Å². The Morgan fingerprint density at radius 3 is 1.07 bits per heavy atom. The molecule has 0 unspecified atom stereocenters. The molecule has 0 N–H and O–H groups in total. The molecule has 0 saturated carbocycles. The van der Waals surface area contributed by atoms with Crippen molar-refractivity contribution in [3.63, 3.8) is 0 Å². The molecule has 1 rings (SSSR count). The van der Waals surface area contributed by atoms with Gasteiger partial charge in [0, 0.05) is 41.0 Å².